The second-order valence-electron chi connectivity index (χ2n) is 8.59. The fourth-order valence-corrected chi connectivity index (χ4v) is 4.70. The van der Waals surface area contributed by atoms with E-state index in [1.54, 1.807) is 4.90 Å². The van der Waals surface area contributed by atoms with Crippen molar-refractivity contribution in [1.29, 1.82) is 0 Å². The molecule has 5 nitrogen and oxygen atoms in total. The minimum absolute atomic E-state index is 0.0360. The molecule has 2 amide bonds. The Morgan fingerprint density at radius 1 is 1.19 bits per heavy atom. The van der Waals surface area contributed by atoms with Gasteiger partial charge >= 0.3 is 0 Å². The summed E-state index contributed by atoms with van der Waals surface area (Å²) in [6, 6.07) is 8.24. The second kappa shape index (κ2) is 8.42. The number of amides is 2. The van der Waals surface area contributed by atoms with E-state index in [0.29, 0.717) is 12.3 Å². The van der Waals surface area contributed by atoms with Crippen LogP contribution in [0.5, 0.6) is 0 Å². The van der Waals surface area contributed by atoms with Crippen LogP contribution in [-0.4, -0.2) is 55.3 Å². The molecule has 1 saturated heterocycles. The molecule has 4 atom stereocenters. The highest BCUT2D eigenvalue weighted by molar-refractivity contribution is 5.90. The highest BCUT2D eigenvalue weighted by atomic mass is 16.2. The van der Waals surface area contributed by atoms with Crippen LogP contribution in [0.15, 0.2) is 24.3 Å². The number of nitrogens with zero attached hydrogens (tertiary/aromatic N) is 2. The Morgan fingerprint density at radius 2 is 1.85 bits per heavy atom. The van der Waals surface area contributed by atoms with Gasteiger partial charge in [0.25, 0.3) is 0 Å². The van der Waals surface area contributed by atoms with Gasteiger partial charge in [0.05, 0.1) is 12.0 Å². The van der Waals surface area contributed by atoms with Crippen LogP contribution in [0.1, 0.15) is 49.3 Å². The zero-order valence-corrected chi connectivity index (χ0v) is 17.1. The van der Waals surface area contributed by atoms with E-state index >= 15 is 0 Å². The molecule has 0 aromatic heterocycles. The summed E-state index contributed by atoms with van der Waals surface area (Å²) in [7, 11) is 5.99. The molecule has 1 aromatic rings. The van der Waals surface area contributed by atoms with Crippen LogP contribution in [0.4, 0.5) is 0 Å². The molecule has 148 valence electrons. The third-order valence-corrected chi connectivity index (χ3v) is 6.18. The lowest BCUT2D eigenvalue weighted by atomic mass is 9.83. The molecule has 4 unspecified atom stereocenters. The molecule has 1 aliphatic heterocycles. The van der Waals surface area contributed by atoms with Crippen LogP contribution >= 0.6 is 0 Å². The first kappa shape index (κ1) is 19.9. The Bertz CT molecular complexity index is 671. The van der Waals surface area contributed by atoms with Gasteiger partial charge < -0.3 is 15.1 Å². The maximum absolute atomic E-state index is 13.2. The molecule has 2 aliphatic rings. The van der Waals surface area contributed by atoms with Gasteiger partial charge in [-0.3, -0.25) is 9.59 Å². The molecule has 0 bridgehead atoms. The van der Waals surface area contributed by atoms with Crippen molar-refractivity contribution in [1.82, 2.24) is 15.1 Å². The quantitative estimate of drug-likeness (QED) is 0.866. The lowest BCUT2D eigenvalue weighted by molar-refractivity contribution is -0.128. The second-order valence-corrected chi connectivity index (χ2v) is 8.59. The van der Waals surface area contributed by atoms with Crippen LogP contribution in [-0.2, 0) is 9.59 Å². The molecule has 0 spiro atoms. The summed E-state index contributed by atoms with van der Waals surface area (Å²) in [5, 5.41) is 3.32. The zero-order valence-electron chi connectivity index (χ0n) is 17.1. The van der Waals surface area contributed by atoms with Crippen molar-refractivity contribution in [2.24, 2.45) is 11.8 Å². The third-order valence-electron chi connectivity index (χ3n) is 6.18. The molecule has 1 aromatic carbocycles. The monoisotopic (exact) mass is 371 g/mol. The Labute approximate surface area is 163 Å². The Hall–Kier alpha value is -1.88. The summed E-state index contributed by atoms with van der Waals surface area (Å²) in [4.78, 5) is 29.5. The number of carbonyl (C=O) groups excluding carboxylic acids is 2. The SMILES string of the molecule is Cc1ccc(C2C(C(=O)NC3CCCCC3CN(C)C)CC(=O)N2C)cc1. The smallest absolute Gasteiger partial charge is 0.226 e. The molecule has 1 heterocycles. The number of rotatable bonds is 5. The van der Waals surface area contributed by atoms with E-state index in [4.69, 9.17) is 0 Å². The summed E-state index contributed by atoms with van der Waals surface area (Å²) < 4.78 is 0. The number of carbonyl (C=O) groups is 2. The zero-order chi connectivity index (χ0) is 19.6. The number of benzene rings is 1. The molecular weight excluding hydrogens is 338 g/mol. The van der Waals surface area contributed by atoms with E-state index in [1.165, 1.54) is 18.4 Å². The standard InChI is InChI=1S/C22H33N3O2/c1-15-9-11-16(12-10-15)21-18(13-20(26)25(21)4)22(27)23-19-8-6-5-7-17(19)14-24(2)3/h9-12,17-19,21H,5-8,13-14H2,1-4H3,(H,23,27). The van der Waals surface area contributed by atoms with Gasteiger partial charge in [-0.1, -0.05) is 42.7 Å². The maximum Gasteiger partial charge on any atom is 0.226 e. The molecule has 3 rings (SSSR count). The van der Waals surface area contributed by atoms with Crippen molar-refractivity contribution in [3.8, 4) is 0 Å². The van der Waals surface area contributed by atoms with Crippen molar-refractivity contribution in [2.75, 3.05) is 27.7 Å². The Balaban J connectivity index is 1.75. The van der Waals surface area contributed by atoms with Crippen LogP contribution in [0.25, 0.3) is 0 Å². The summed E-state index contributed by atoms with van der Waals surface area (Å²) >= 11 is 0. The Morgan fingerprint density at radius 3 is 2.52 bits per heavy atom. The van der Waals surface area contributed by atoms with E-state index in [0.717, 1.165) is 24.9 Å². The van der Waals surface area contributed by atoms with E-state index < -0.39 is 0 Å². The van der Waals surface area contributed by atoms with E-state index in [9.17, 15) is 9.59 Å². The summed E-state index contributed by atoms with van der Waals surface area (Å²) in [5.41, 5.74) is 2.23. The summed E-state index contributed by atoms with van der Waals surface area (Å²) in [5.74, 6) is 0.264. The van der Waals surface area contributed by atoms with Crippen molar-refractivity contribution >= 4 is 11.8 Å². The van der Waals surface area contributed by atoms with Crippen molar-refractivity contribution in [3.05, 3.63) is 35.4 Å². The normalized spacial score (nSPS) is 28.6. The minimum Gasteiger partial charge on any atom is -0.353 e. The molecule has 27 heavy (non-hydrogen) atoms. The average molecular weight is 372 g/mol. The lowest BCUT2D eigenvalue weighted by Gasteiger charge is -2.35. The number of aryl methyl sites for hydroxylation is 1. The largest absolute Gasteiger partial charge is 0.353 e. The summed E-state index contributed by atoms with van der Waals surface area (Å²) in [6.07, 6.45) is 4.90. The van der Waals surface area contributed by atoms with Crippen molar-refractivity contribution in [3.63, 3.8) is 0 Å². The van der Waals surface area contributed by atoms with Crippen LogP contribution in [0, 0.1) is 18.8 Å². The van der Waals surface area contributed by atoms with Gasteiger partial charge in [-0.2, -0.15) is 0 Å². The average Bonchev–Trinajstić information content (AvgIpc) is 2.92. The predicted molar refractivity (Wildman–Crippen MR) is 107 cm³/mol. The van der Waals surface area contributed by atoms with Gasteiger partial charge in [-0.05, 0) is 45.3 Å². The van der Waals surface area contributed by atoms with Crippen molar-refractivity contribution in [2.45, 2.75) is 51.1 Å². The fraction of sp³-hybridized carbons (Fsp3) is 0.636. The lowest BCUT2D eigenvalue weighted by Crippen LogP contribution is -2.48. The number of nitrogens with one attached hydrogen (secondary N) is 1. The first-order valence-corrected chi connectivity index (χ1v) is 10.1. The molecule has 1 aliphatic carbocycles. The van der Waals surface area contributed by atoms with Gasteiger partial charge in [0.2, 0.25) is 11.8 Å². The fourth-order valence-electron chi connectivity index (χ4n) is 4.70. The third kappa shape index (κ3) is 4.52. The van der Waals surface area contributed by atoms with Crippen LogP contribution < -0.4 is 5.32 Å². The predicted octanol–water partition coefficient (Wildman–Crippen LogP) is 2.75. The van der Waals surface area contributed by atoms with E-state index in [-0.39, 0.29) is 29.8 Å². The molecule has 1 N–H and O–H groups in total. The Kier molecular flexibility index (Phi) is 6.20. The summed E-state index contributed by atoms with van der Waals surface area (Å²) in [6.45, 7) is 3.04. The van der Waals surface area contributed by atoms with Crippen molar-refractivity contribution < 1.29 is 9.59 Å². The van der Waals surface area contributed by atoms with E-state index in [2.05, 4.69) is 36.4 Å². The number of likely N-dealkylation sites (tertiary alicyclic amines) is 1. The highest BCUT2D eigenvalue weighted by Gasteiger charge is 2.43. The first-order valence-electron chi connectivity index (χ1n) is 10.1. The van der Waals surface area contributed by atoms with E-state index in [1.807, 2.05) is 26.1 Å². The first-order chi connectivity index (χ1) is 12.9. The molecule has 2 fully saturated rings. The van der Waals surface area contributed by atoms with Gasteiger partial charge in [-0.15, -0.1) is 0 Å². The number of hydrogen-bond acceptors (Lipinski definition) is 3. The van der Waals surface area contributed by atoms with Gasteiger partial charge in [-0.25, -0.2) is 0 Å². The molecule has 1 saturated carbocycles. The van der Waals surface area contributed by atoms with Gasteiger partial charge in [0.15, 0.2) is 0 Å². The van der Waals surface area contributed by atoms with Gasteiger partial charge in [0, 0.05) is 26.1 Å². The van der Waals surface area contributed by atoms with Crippen LogP contribution in [0.2, 0.25) is 0 Å². The minimum atomic E-state index is -0.313. The maximum atomic E-state index is 13.2. The molecule has 0 radical (unpaired) electrons. The molecular formula is C22H33N3O2. The molecule has 5 heteroatoms. The number of hydrogen-bond donors (Lipinski definition) is 1. The van der Waals surface area contributed by atoms with Crippen LogP contribution in [0.3, 0.4) is 0 Å². The topological polar surface area (TPSA) is 52.7 Å². The highest BCUT2D eigenvalue weighted by Crippen LogP contribution is 2.37. The van der Waals surface area contributed by atoms with Gasteiger partial charge in [0.1, 0.15) is 0 Å².